The lowest BCUT2D eigenvalue weighted by atomic mass is 10.0. The fourth-order valence-corrected chi connectivity index (χ4v) is 6.59. The van der Waals surface area contributed by atoms with Gasteiger partial charge in [0.15, 0.2) is 0 Å². The molecule has 0 aliphatic heterocycles. The van der Waals surface area contributed by atoms with Crippen LogP contribution in [0, 0.1) is 0 Å². The van der Waals surface area contributed by atoms with E-state index in [1.165, 1.54) is 24.1 Å². The van der Waals surface area contributed by atoms with Gasteiger partial charge in [0.2, 0.25) is 11.8 Å². The standard InChI is InChI=1S/C34H35Cl2N3O4S/c1-24(2)27-15-17-28(18-16-27)39(44(42,43)29-12-8-5-9-13-29)23-33(40)38(22-26-14-19-30(35)31(36)20-26)32(34(41)37-3)21-25-10-6-4-7-11-25/h4-20,24,32H,21-23H2,1-3H3,(H,37,41)/t32-/m0/s1. The highest BCUT2D eigenvalue weighted by Gasteiger charge is 2.34. The fourth-order valence-electron chi connectivity index (χ4n) is 4.83. The van der Waals surface area contributed by atoms with Crippen molar-refractivity contribution >= 4 is 50.7 Å². The van der Waals surface area contributed by atoms with Crippen LogP contribution < -0.4 is 9.62 Å². The van der Waals surface area contributed by atoms with Crippen LogP contribution in [0.5, 0.6) is 0 Å². The molecule has 0 saturated heterocycles. The third-order valence-electron chi connectivity index (χ3n) is 7.31. The van der Waals surface area contributed by atoms with E-state index in [2.05, 4.69) is 5.32 Å². The van der Waals surface area contributed by atoms with Gasteiger partial charge >= 0.3 is 0 Å². The van der Waals surface area contributed by atoms with Crippen LogP contribution in [-0.2, 0) is 32.6 Å². The van der Waals surface area contributed by atoms with Gasteiger partial charge in [0.25, 0.3) is 10.0 Å². The second kappa shape index (κ2) is 14.8. The van der Waals surface area contributed by atoms with Gasteiger partial charge in [-0.15, -0.1) is 0 Å². The van der Waals surface area contributed by atoms with Gasteiger partial charge in [-0.3, -0.25) is 13.9 Å². The summed E-state index contributed by atoms with van der Waals surface area (Å²) in [4.78, 5) is 29.2. The van der Waals surface area contributed by atoms with Crippen molar-refractivity contribution in [1.29, 1.82) is 0 Å². The maximum Gasteiger partial charge on any atom is 0.264 e. The highest BCUT2D eigenvalue weighted by molar-refractivity contribution is 7.92. The summed E-state index contributed by atoms with van der Waals surface area (Å²) in [6, 6.07) is 28.4. The van der Waals surface area contributed by atoms with E-state index < -0.39 is 28.5 Å². The average Bonchev–Trinajstić information content (AvgIpc) is 3.03. The lowest BCUT2D eigenvalue weighted by molar-refractivity contribution is -0.139. The first-order chi connectivity index (χ1) is 21.0. The molecule has 4 aromatic carbocycles. The van der Waals surface area contributed by atoms with E-state index in [0.717, 1.165) is 15.4 Å². The number of nitrogens with zero attached hydrogens (tertiary/aromatic N) is 2. The minimum atomic E-state index is -4.16. The third kappa shape index (κ3) is 8.00. The molecule has 0 bridgehead atoms. The monoisotopic (exact) mass is 651 g/mol. The number of anilines is 1. The second-order valence-corrected chi connectivity index (χ2v) is 13.3. The van der Waals surface area contributed by atoms with Gasteiger partial charge in [0.05, 0.1) is 20.6 Å². The minimum absolute atomic E-state index is 0.00778. The van der Waals surface area contributed by atoms with Crippen molar-refractivity contribution in [3.8, 4) is 0 Å². The second-order valence-electron chi connectivity index (χ2n) is 10.7. The van der Waals surface area contributed by atoms with Gasteiger partial charge in [-0.25, -0.2) is 8.42 Å². The number of carbonyl (C=O) groups excluding carboxylic acids is 2. The van der Waals surface area contributed by atoms with Crippen molar-refractivity contribution in [3.05, 3.63) is 130 Å². The number of amides is 2. The van der Waals surface area contributed by atoms with Crippen LogP contribution in [0.2, 0.25) is 10.0 Å². The summed E-state index contributed by atoms with van der Waals surface area (Å²) in [6.45, 7) is 3.54. The molecule has 0 radical (unpaired) electrons. The van der Waals surface area contributed by atoms with Gasteiger partial charge in [-0.1, -0.05) is 104 Å². The van der Waals surface area contributed by atoms with Crippen molar-refractivity contribution < 1.29 is 18.0 Å². The summed E-state index contributed by atoms with van der Waals surface area (Å²) in [5.74, 6) is -0.716. The van der Waals surface area contributed by atoms with Crippen LogP contribution in [0.1, 0.15) is 36.5 Å². The van der Waals surface area contributed by atoms with Crippen LogP contribution in [0.25, 0.3) is 0 Å². The van der Waals surface area contributed by atoms with Gasteiger partial charge in [0.1, 0.15) is 12.6 Å². The maximum absolute atomic E-state index is 14.4. The number of halogens is 2. The SMILES string of the molecule is CNC(=O)[C@H](Cc1ccccc1)N(Cc1ccc(Cl)c(Cl)c1)C(=O)CN(c1ccc(C(C)C)cc1)S(=O)(=O)c1ccccc1. The molecule has 2 amide bonds. The topological polar surface area (TPSA) is 86.8 Å². The minimum Gasteiger partial charge on any atom is -0.357 e. The Balaban J connectivity index is 1.80. The van der Waals surface area contributed by atoms with Gasteiger partial charge < -0.3 is 10.2 Å². The van der Waals surface area contributed by atoms with E-state index in [-0.39, 0.29) is 29.7 Å². The summed E-state index contributed by atoms with van der Waals surface area (Å²) in [7, 11) is -2.66. The van der Waals surface area contributed by atoms with Crippen molar-refractivity contribution in [2.24, 2.45) is 0 Å². The zero-order chi connectivity index (χ0) is 31.9. The average molecular weight is 653 g/mol. The zero-order valence-electron chi connectivity index (χ0n) is 24.8. The number of hydrogen-bond acceptors (Lipinski definition) is 4. The number of sulfonamides is 1. The summed E-state index contributed by atoms with van der Waals surface area (Å²) in [5.41, 5.74) is 2.83. The van der Waals surface area contributed by atoms with Gasteiger partial charge in [0, 0.05) is 20.0 Å². The predicted octanol–water partition coefficient (Wildman–Crippen LogP) is 6.70. The molecule has 0 fully saturated rings. The molecule has 10 heteroatoms. The molecular formula is C34H35Cl2N3O4S. The molecule has 7 nitrogen and oxygen atoms in total. The van der Waals surface area contributed by atoms with Crippen molar-refractivity contribution in [2.75, 3.05) is 17.9 Å². The molecule has 0 saturated carbocycles. The summed E-state index contributed by atoms with van der Waals surface area (Å²) < 4.78 is 29.2. The Morgan fingerprint density at radius 3 is 1.98 bits per heavy atom. The Hall–Kier alpha value is -3.85. The molecule has 0 unspecified atom stereocenters. The van der Waals surface area contributed by atoms with Crippen LogP contribution >= 0.6 is 23.2 Å². The van der Waals surface area contributed by atoms with E-state index >= 15 is 0 Å². The molecule has 0 aliphatic carbocycles. The highest BCUT2D eigenvalue weighted by atomic mass is 35.5. The first-order valence-corrected chi connectivity index (χ1v) is 16.4. The first-order valence-electron chi connectivity index (χ1n) is 14.2. The lowest BCUT2D eigenvalue weighted by Gasteiger charge is -2.33. The van der Waals surface area contributed by atoms with Crippen molar-refractivity contribution in [2.45, 2.75) is 43.7 Å². The zero-order valence-corrected chi connectivity index (χ0v) is 27.1. The third-order valence-corrected chi connectivity index (χ3v) is 9.84. The van der Waals surface area contributed by atoms with Crippen LogP contribution in [0.3, 0.4) is 0 Å². The largest absolute Gasteiger partial charge is 0.357 e. The molecule has 4 aromatic rings. The lowest BCUT2D eigenvalue weighted by Crippen LogP contribution is -2.53. The van der Waals surface area contributed by atoms with Crippen LogP contribution in [0.4, 0.5) is 5.69 Å². The number of nitrogens with one attached hydrogen (secondary N) is 1. The predicted molar refractivity (Wildman–Crippen MR) is 177 cm³/mol. The van der Waals surface area contributed by atoms with E-state index in [1.807, 2.05) is 56.3 Å². The summed E-state index contributed by atoms with van der Waals surface area (Å²) in [6.07, 6.45) is 0.210. The van der Waals surface area contributed by atoms with E-state index in [0.29, 0.717) is 21.3 Å². The molecule has 4 rings (SSSR count). The Kier molecular flexibility index (Phi) is 11.1. The van der Waals surface area contributed by atoms with Gasteiger partial charge in [-0.05, 0) is 59.0 Å². The molecule has 0 aliphatic rings. The van der Waals surface area contributed by atoms with Crippen molar-refractivity contribution in [3.63, 3.8) is 0 Å². The molecule has 0 heterocycles. The van der Waals surface area contributed by atoms with Crippen LogP contribution in [0.15, 0.2) is 108 Å². The number of hydrogen-bond donors (Lipinski definition) is 1. The normalized spacial score (nSPS) is 12.0. The number of carbonyl (C=O) groups is 2. The number of rotatable bonds is 12. The Labute approximate surface area is 269 Å². The highest BCUT2D eigenvalue weighted by Crippen LogP contribution is 2.28. The Bertz CT molecular complexity index is 1680. The molecule has 1 atom stereocenters. The molecule has 1 N–H and O–H groups in total. The van der Waals surface area contributed by atoms with E-state index in [1.54, 1.807) is 48.5 Å². The molecule has 0 aromatic heterocycles. The Morgan fingerprint density at radius 2 is 1.41 bits per heavy atom. The molecular weight excluding hydrogens is 617 g/mol. The van der Waals surface area contributed by atoms with Crippen molar-refractivity contribution in [1.82, 2.24) is 10.2 Å². The Morgan fingerprint density at radius 1 is 0.795 bits per heavy atom. The first kappa shape index (κ1) is 33.1. The summed E-state index contributed by atoms with van der Waals surface area (Å²) in [5, 5.41) is 3.33. The fraction of sp³-hybridized carbons (Fsp3) is 0.235. The molecule has 44 heavy (non-hydrogen) atoms. The summed E-state index contributed by atoms with van der Waals surface area (Å²) >= 11 is 12.4. The quantitative estimate of drug-likeness (QED) is 0.185. The molecule has 230 valence electrons. The molecule has 0 spiro atoms. The number of likely N-dealkylation sites (N-methyl/N-ethyl adjacent to an activating group) is 1. The maximum atomic E-state index is 14.4. The van der Waals surface area contributed by atoms with E-state index in [4.69, 9.17) is 23.2 Å². The van der Waals surface area contributed by atoms with Crippen LogP contribution in [-0.4, -0.2) is 44.8 Å². The smallest absolute Gasteiger partial charge is 0.264 e. The number of benzene rings is 4. The van der Waals surface area contributed by atoms with E-state index in [9.17, 15) is 18.0 Å². The van der Waals surface area contributed by atoms with Gasteiger partial charge in [-0.2, -0.15) is 0 Å².